The summed E-state index contributed by atoms with van der Waals surface area (Å²) >= 11 is 0. The molecule has 1 amide bonds. The van der Waals surface area contributed by atoms with Crippen LogP contribution >= 0.6 is 0 Å². The maximum absolute atomic E-state index is 13.0. The van der Waals surface area contributed by atoms with Gasteiger partial charge < -0.3 is 19.1 Å². The lowest BCUT2D eigenvalue weighted by atomic mass is 10.1. The van der Waals surface area contributed by atoms with Crippen molar-refractivity contribution in [2.24, 2.45) is 0 Å². The molecule has 1 fully saturated rings. The topological polar surface area (TPSA) is 91.6 Å². The van der Waals surface area contributed by atoms with Crippen LogP contribution in [0.5, 0.6) is 17.4 Å². The highest BCUT2D eigenvalue weighted by molar-refractivity contribution is 5.98. The Morgan fingerprint density at radius 1 is 1.03 bits per heavy atom. The zero-order valence-electron chi connectivity index (χ0n) is 16.3. The highest BCUT2D eigenvalue weighted by Gasteiger charge is 2.28. The molecular weight excluding hydrogens is 386 g/mol. The number of benzene rings is 1. The highest BCUT2D eigenvalue weighted by atomic mass is 16.6. The van der Waals surface area contributed by atoms with Crippen molar-refractivity contribution in [2.45, 2.75) is 18.9 Å². The van der Waals surface area contributed by atoms with Crippen molar-refractivity contribution in [3.05, 3.63) is 54.4 Å². The molecule has 30 heavy (non-hydrogen) atoms. The number of para-hydroxylation sites is 1. The Kier molecular flexibility index (Phi) is 4.92. The molecule has 2 aromatic heterocycles. The van der Waals surface area contributed by atoms with Crippen molar-refractivity contribution in [3.8, 4) is 23.2 Å². The molecule has 3 aromatic rings. The van der Waals surface area contributed by atoms with Crippen molar-refractivity contribution in [3.63, 3.8) is 0 Å². The number of aromatic nitrogens is 4. The van der Waals surface area contributed by atoms with Gasteiger partial charge in [0.2, 0.25) is 5.88 Å². The van der Waals surface area contributed by atoms with E-state index >= 15 is 0 Å². The summed E-state index contributed by atoms with van der Waals surface area (Å²) in [6, 6.07) is 10.9. The third-order valence-electron chi connectivity index (χ3n) is 5.18. The molecule has 2 aliphatic rings. The minimum Gasteiger partial charge on any atom is -0.486 e. The maximum Gasteiger partial charge on any atom is 0.257 e. The molecule has 154 valence electrons. The average Bonchev–Trinajstić information content (AvgIpc) is 3.34. The van der Waals surface area contributed by atoms with E-state index in [1.807, 2.05) is 29.2 Å². The Hall–Kier alpha value is -3.62. The molecular formula is C21H21N5O4. The molecule has 0 bridgehead atoms. The van der Waals surface area contributed by atoms with Crippen LogP contribution in [0.1, 0.15) is 23.2 Å². The molecule has 0 spiro atoms. The van der Waals surface area contributed by atoms with Crippen LogP contribution in [0.2, 0.25) is 0 Å². The maximum atomic E-state index is 13.0. The van der Waals surface area contributed by atoms with Crippen molar-refractivity contribution in [2.75, 3.05) is 26.3 Å². The van der Waals surface area contributed by atoms with Crippen LogP contribution in [0.15, 0.2) is 48.8 Å². The molecule has 1 saturated heterocycles. The number of hydrogen-bond donors (Lipinski definition) is 0. The molecule has 0 aliphatic carbocycles. The summed E-state index contributed by atoms with van der Waals surface area (Å²) in [7, 11) is 0. The second-order valence-electron chi connectivity index (χ2n) is 7.12. The zero-order valence-corrected chi connectivity index (χ0v) is 16.3. The predicted molar refractivity (Wildman–Crippen MR) is 106 cm³/mol. The van der Waals surface area contributed by atoms with Crippen molar-refractivity contribution >= 4 is 5.91 Å². The van der Waals surface area contributed by atoms with E-state index in [1.165, 1.54) is 0 Å². The molecule has 0 unspecified atom stereocenters. The van der Waals surface area contributed by atoms with Crippen LogP contribution < -0.4 is 14.2 Å². The van der Waals surface area contributed by atoms with E-state index in [4.69, 9.17) is 14.2 Å². The number of carbonyl (C=O) groups is 1. The van der Waals surface area contributed by atoms with Crippen LogP contribution in [-0.2, 0) is 0 Å². The Morgan fingerprint density at radius 2 is 1.90 bits per heavy atom. The third-order valence-corrected chi connectivity index (χ3v) is 5.18. The highest BCUT2D eigenvalue weighted by Crippen LogP contribution is 2.34. The van der Waals surface area contributed by atoms with Gasteiger partial charge in [0.15, 0.2) is 17.3 Å². The van der Waals surface area contributed by atoms with Gasteiger partial charge in [0.1, 0.15) is 19.3 Å². The summed E-state index contributed by atoms with van der Waals surface area (Å²) in [6.07, 6.45) is 4.92. The Bertz CT molecular complexity index is 1010. The van der Waals surface area contributed by atoms with Crippen LogP contribution in [0.3, 0.4) is 0 Å². The summed E-state index contributed by atoms with van der Waals surface area (Å²) in [5.74, 6) is 2.23. The van der Waals surface area contributed by atoms with Crippen LogP contribution in [0.4, 0.5) is 0 Å². The number of carbonyl (C=O) groups excluding carboxylic acids is 1. The Balaban J connectivity index is 1.19. The van der Waals surface area contributed by atoms with Gasteiger partial charge in [-0.05, 0) is 24.3 Å². The smallest absolute Gasteiger partial charge is 0.257 e. The number of fused-ring (bicyclic) bond motifs is 1. The summed E-state index contributed by atoms with van der Waals surface area (Å²) in [4.78, 5) is 14.8. The summed E-state index contributed by atoms with van der Waals surface area (Å²) < 4.78 is 18.9. The normalized spacial score (nSPS) is 16.3. The minimum atomic E-state index is -0.0424. The lowest BCUT2D eigenvalue weighted by Gasteiger charge is -2.32. The zero-order chi connectivity index (χ0) is 20.3. The van der Waals surface area contributed by atoms with Gasteiger partial charge >= 0.3 is 0 Å². The lowest BCUT2D eigenvalue weighted by molar-refractivity contribution is 0.0578. The third kappa shape index (κ3) is 3.66. The van der Waals surface area contributed by atoms with Crippen LogP contribution in [0.25, 0.3) is 5.82 Å². The fraction of sp³-hybridized carbons (Fsp3) is 0.333. The van der Waals surface area contributed by atoms with E-state index in [2.05, 4.69) is 15.3 Å². The molecule has 9 nitrogen and oxygen atoms in total. The van der Waals surface area contributed by atoms with E-state index in [1.54, 1.807) is 29.2 Å². The first-order valence-corrected chi connectivity index (χ1v) is 9.96. The number of rotatable bonds is 4. The quantitative estimate of drug-likeness (QED) is 0.654. The molecule has 0 atom stereocenters. The predicted octanol–water partition coefficient (Wildman–Crippen LogP) is 2.12. The van der Waals surface area contributed by atoms with E-state index in [0.717, 1.165) is 12.8 Å². The Labute approximate surface area is 173 Å². The van der Waals surface area contributed by atoms with E-state index in [9.17, 15) is 4.79 Å². The number of amides is 1. The molecule has 4 heterocycles. The molecule has 0 radical (unpaired) electrons. The fourth-order valence-electron chi connectivity index (χ4n) is 3.66. The van der Waals surface area contributed by atoms with E-state index in [0.29, 0.717) is 55.1 Å². The first-order valence-electron chi connectivity index (χ1n) is 9.96. The van der Waals surface area contributed by atoms with Gasteiger partial charge in [0, 0.05) is 44.4 Å². The number of likely N-dealkylation sites (tertiary alicyclic amines) is 1. The number of ether oxygens (including phenoxy) is 3. The summed E-state index contributed by atoms with van der Waals surface area (Å²) in [5, 5.41) is 12.4. The second-order valence-corrected chi connectivity index (χ2v) is 7.12. The number of hydrogen-bond acceptors (Lipinski definition) is 7. The standard InChI is InChI=1S/C21H21N5O4/c27-21(16-3-1-4-17-20(16)29-14-13-28-17)25-11-7-15(8-12-25)30-19-6-5-18(23-24-19)26-10-2-9-22-26/h1-6,9-10,15H,7-8,11-14H2. The fourth-order valence-corrected chi connectivity index (χ4v) is 3.66. The van der Waals surface area contributed by atoms with E-state index in [-0.39, 0.29) is 12.0 Å². The largest absolute Gasteiger partial charge is 0.486 e. The molecule has 0 N–H and O–H groups in total. The molecule has 9 heteroatoms. The first kappa shape index (κ1) is 18.4. The number of nitrogens with zero attached hydrogens (tertiary/aromatic N) is 5. The molecule has 2 aliphatic heterocycles. The van der Waals surface area contributed by atoms with Gasteiger partial charge in [-0.25, -0.2) is 4.68 Å². The van der Waals surface area contributed by atoms with E-state index < -0.39 is 0 Å². The van der Waals surface area contributed by atoms with Gasteiger partial charge in [0.25, 0.3) is 5.91 Å². The Morgan fingerprint density at radius 3 is 2.67 bits per heavy atom. The van der Waals surface area contributed by atoms with Gasteiger partial charge in [0.05, 0.1) is 5.56 Å². The van der Waals surface area contributed by atoms with Crippen molar-refractivity contribution < 1.29 is 19.0 Å². The average molecular weight is 407 g/mol. The summed E-state index contributed by atoms with van der Waals surface area (Å²) in [6.45, 7) is 2.16. The summed E-state index contributed by atoms with van der Waals surface area (Å²) in [5.41, 5.74) is 0.548. The van der Waals surface area contributed by atoms with Crippen LogP contribution in [0, 0.1) is 0 Å². The molecule has 5 rings (SSSR count). The van der Waals surface area contributed by atoms with Crippen molar-refractivity contribution in [1.29, 1.82) is 0 Å². The molecule has 0 saturated carbocycles. The monoisotopic (exact) mass is 407 g/mol. The van der Waals surface area contributed by atoms with Gasteiger partial charge in [-0.15, -0.1) is 10.2 Å². The first-order chi connectivity index (χ1) is 14.8. The minimum absolute atomic E-state index is 0.0109. The number of piperidine rings is 1. The van der Waals surface area contributed by atoms with Crippen LogP contribution in [-0.4, -0.2) is 63.2 Å². The van der Waals surface area contributed by atoms with Crippen molar-refractivity contribution in [1.82, 2.24) is 24.9 Å². The molecule has 1 aromatic carbocycles. The SMILES string of the molecule is O=C(c1cccc2c1OCCO2)N1CCC(Oc2ccc(-n3cccn3)nn2)CC1. The van der Waals surface area contributed by atoms with Gasteiger partial charge in [-0.3, -0.25) is 4.79 Å². The van der Waals surface area contributed by atoms with Gasteiger partial charge in [-0.2, -0.15) is 5.10 Å². The lowest BCUT2D eigenvalue weighted by Crippen LogP contribution is -2.42. The second kappa shape index (κ2) is 8.02. The van der Waals surface area contributed by atoms with Gasteiger partial charge in [-0.1, -0.05) is 6.07 Å².